The van der Waals surface area contributed by atoms with Gasteiger partial charge in [0.15, 0.2) is 0 Å². The smallest absolute Gasteiger partial charge is 0.306 e. The Hall–Kier alpha value is -4.08. The maximum Gasteiger partial charge on any atom is 0.306 e. The summed E-state index contributed by atoms with van der Waals surface area (Å²) >= 11 is 0. The van der Waals surface area contributed by atoms with Gasteiger partial charge in [-0.3, -0.25) is 14.5 Å². The van der Waals surface area contributed by atoms with Crippen molar-refractivity contribution in [3.05, 3.63) is 77.3 Å². The van der Waals surface area contributed by atoms with Crippen molar-refractivity contribution in [3.63, 3.8) is 0 Å². The number of ether oxygens (including phenoxy) is 2. The Morgan fingerprint density at radius 1 is 1.05 bits per heavy atom. The summed E-state index contributed by atoms with van der Waals surface area (Å²) in [4.78, 5) is 32.2. The quantitative estimate of drug-likeness (QED) is 0.109. The summed E-state index contributed by atoms with van der Waals surface area (Å²) in [6, 6.07) is 17.5. The van der Waals surface area contributed by atoms with Gasteiger partial charge in [-0.25, -0.2) is 0 Å². The fraction of sp³-hybridized carbons (Fsp3) is 0.429. The molecule has 0 spiro atoms. The number of carbonyl (C=O) groups is 1. The number of aliphatic carboxylic acids is 1. The number of H-pyrrole nitrogens is 2. The Bertz CT molecular complexity index is 1540. The minimum atomic E-state index is -0.689. The first-order valence-electron chi connectivity index (χ1n) is 15.6. The lowest BCUT2D eigenvalue weighted by atomic mass is 9.97. The topological polar surface area (TPSA) is 120 Å². The number of para-hydroxylation sites is 1. The number of carboxylic acids is 1. The van der Waals surface area contributed by atoms with Crippen molar-refractivity contribution in [2.24, 2.45) is 5.92 Å². The van der Waals surface area contributed by atoms with E-state index in [1.165, 1.54) is 0 Å². The van der Waals surface area contributed by atoms with Crippen LogP contribution in [-0.4, -0.2) is 72.4 Å². The summed E-state index contributed by atoms with van der Waals surface area (Å²) in [5.41, 5.74) is 3.01. The van der Waals surface area contributed by atoms with Crippen LogP contribution in [0, 0.1) is 5.92 Å². The molecular formula is C35H48N4O5. The minimum absolute atomic E-state index is 0.126. The maximum atomic E-state index is 12.6. The number of nitrogens with zero attached hydrogens (tertiary/aromatic N) is 1. The van der Waals surface area contributed by atoms with Crippen LogP contribution >= 0.6 is 0 Å². The zero-order valence-corrected chi connectivity index (χ0v) is 26.6. The van der Waals surface area contributed by atoms with Gasteiger partial charge in [-0.1, -0.05) is 45.5 Å². The van der Waals surface area contributed by atoms with Crippen LogP contribution in [-0.2, 0) is 9.53 Å². The summed E-state index contributed by atoms with van der Waals surface area (Å²) in [6.07, 6.45) is 3.46. The lowest BCUT2D eigenvalue weighted by molar-refractivity contribution is -0.143. The molecule has 2 aromatic heterocycles. The average molecular weight is 605 g/mol. The van der Waals surface area contributed by atoms with Crippen LogP contribution in [0.3, 0.4) is 0 Å². The van der Waals surface area contributed by atoms with Gasteiger partial charge in [0, 0.05) is 29.4 Å². The molecule has 4 aromatic rings. The van der Waals surface area contributed by atoms with E-state index in [0.717, 1.165) is 84.6 Å². The van der Waals surface area contributed by atoms with Crippen LogP contribution in [0.4, 0.5) is 0 Å². The van der Waals surface area contributed by atoms with Crippen molar-refractivity contribution in [1.29, 1.82) is 0 Å². The average Bonchev–Trinajstić information content (AvgIpc) is 3.47. The third-order valence-electron chi connectivity index (χ3n) is 7.60. The monoisotopic (exact) mass is 604 g/mol. The summed E-state index contributed by atoms with van der Waals surface area (Å²) in [6.45, 7) is 14.8. The predicted octanol–water partition coefficient (Wildman–Crippen LogP) is 6.41. The number of nitrogens with one attached hydrogen (secondary N) is 3. The zero-order chi connectivity index (χ0) is 31.9. The summed E-state index contributed by atoms with van der Waals surface area (Å²) in [5, 5.41) is 14.3. The van der Waals surface area contributed by atoms with Crippen LogP contribution in [0.25, 0.3) is 33.1 Å². The molecule has 0 amide bonds. The predicted molar refractivity (Wildman–Crippen MR) is 179 cm³/mol. The van der Waals surface area contributed by atoms with Crippen molar-refractivity contribution in [1.82, 2.24) is 20.2 Å². The van der Waals surface area contributed by atoms with Gasteiger partial charge in [0.25, 0.3) is 5.56 Å². The molecule has 1 aliphatic rings. The minimum Gasteiger partial charge on any atom is -0.502 e. The number of pyridine rings is 1. The number of fused-ring (bicyclic) bond motifs is 2. The van der Waals surface area contributed by atoms with Crippen LogP contribution in [0.1, 0.15) is 46.5 Å². The molecule has 2 aromatic carbocycles. The molecule has 3 heterocycles. The Balaban J connectivity index is 0.000000378. The zero-order valence-electron chi connectivity index (χ0n) is 26.6. The van der Waals surface area contributed by atoms with E-state index >= 15 is 0 Å². The number of methoxy groups -OCH3 is 1. The molecule has 1 saturated heterocycles. The second kappa shape index (κ2) is 17.9. The highest BCUT2D eigenvalue weighted by atomic mass is 16.5. The van der Waals surface area contributed by atoms with Gasteiger partial charge in [-0.15, -0.1) is 0 Å². The number of likely N-dealkylation sites (tertiary alicyclic amines) is 1. The van der Waals surface area contributed by atoms with Gasteiger partial charge >= 0.3 is 5.97 Å². The van der Waals surface area contributed by atoms with Crippen molar-refractivity contribution in [2.45, 2.75) is 46.5 Å². The Morgan fingerprint density at radius 2 is 1.77 bits per heavy atom. The molecule has 0 atom stereocenters. The van der Waals surface area contributed by atoms with Crippen LogP contribution in [0.15, 0.2) is 71.7 Å². The fourth-order valence-electron chi connectivity index (χ4n) is 5.08. The van der Waals surface area contributed by atoms with Crippen LogP contribution in [0.2, 0.25) is 0 Å². The number of aromatic amines is 2. The molecule has 0 saturated carbocycles. The molecule has 0 radical (unpaired) electrons. The molecule has 9 heteroatoms. The molecular weight excluding hydrogens is 556 g/mol. The lowest BCUT2D eigenvalue weighted by Crippen LogP contribution is -2.38. The van der Waals surface area contributed by atoms with E-state index in [2.05, 4.69) is 33.7 Å². The second-order valence-electron chi connectivity index (χ2n) is 10.5. The fourth-order valence-corrected chi connectivity index (χ4v) is 5.08. The van der Waals surface area contributed by atoms with Gasteiger partial charge in [-0.2, -0.15) is 0 Å². The van der Waals surface area contributed by atoms with Crippen molar-refractivity contribution in [2.75, 3.05) is 46.4 Å². The highest BCUT2D eigenvalue weighted by Crippen LogP contribution is 2.27. The lowest BCUT2D eigenvalue weighted by Gasteiger charge is -2.29. The molecule has 1 fully saturated rings. The molecule has 4 N–H and O–H groups in total. The molecule has 44 heavy (non-hydrogen) atoms. The van der Waals surface area contributed by atoms with E-state index in [9.17, 15) is 9.59 Å². The number of allylic oxidation sites excluding steroid dienone is 1. The number of hydrogen-bond acceptors (Lipinski definition) is 6. The first kappa shape index (κ1) is 34.4. The third kappa shape index (κ3) is 9.99. The standard InChI is InChI=1S/C25H25N3O4.C8H17NO.C2H6/c29-24-20(14-17-3-1-2-4-21(17)27-24)23-15-18-13-19(5-6-22(18)26-23)32-12-11-28-9-7-16(8-10-28)25(30)31;1-4-9-7-5-6-8(2)10-3;1-2/h1-6,13-16,26H,7-12H2,(H,27,29)(H,30,31);9H,2,4-7H2,1,3H3;1-2H3. The largest absolute Gasteiger partial charge is 0.502 e. The second-order valence-corrected chi connectivity index (χ2v) is 10.5. The van der Waals surface area contributed by atoms with Crippen molar-refractivity contribution < 1.29 is 19.4 Å². The van der Waals surface area contributed by atoms with E-state index in [4.69, 9.17) is 14.6 Å². The normalized spacial score (nSPS) is 13.5. The molecule has 0 bridgehead atoms. The molecule has 1 aliphatic heterocycles. The van der Waals surface area contributed by atoms with Crippen LogP contribution in [0.5, 0.6) is 5.75 Å². The number of piperidine rings is 1. The van der Waals surface area contributed by atoms with Gasteiger partial charge in [0.1, 0.15) is 12.4 Å². The highest BCUT2D eigenvalue weighted by molar-refractivity contribution is 5.89. The Labute approximate surface area is 260 Å². The number of benzene rings is 2. The Kier molecular flexibility index (Phi) is 14.0. The highest BCUT2D eigenvalue weighted by Gasteiger charge is 2.24. The molecule has 0 aliphatic carbocycles. The summed E-state index contributed by atoms with van der Waals surface area (Å²) < 4.78 is 10.9. The van der Waals surface area contributed by atoms with Gasteiger partial charge in [0.2, 0.25) is 0 Å². The van der Waals surface area contributed by atoms with Gasteiger partial charge < -0.3 is 29.9 Å². The number of hydrogen-bond donors (Lipinski definition) is 4. The molecule has 0 unspecified atom stereocenters. The van der Waals surface area contributed by atoms with E-state index in [1.807, 2.05) is 68.4 Å². The number of aromatic nitrogens is 2. The first-order chi connectivity index (χ1) is 21.4. The molecule has 238 valence electrons. The first-order valence-corrected chi connectivity index (χ1v) is 15.6. The SMILES string of the molecule is C=C(CCCNCC)OC.CC.O=C(O)C1CCN(CCOc2ccc3[nH]c(-c4cc5ccccc5[nH]c4=O)cc3c2)CC1. The summed E-state index contributed by atoms with van der Waals surface area (Å²) in [7, 11) is 1.66. The number of carboxylic acid groups (broad SMARTS) is 1. The van der Waals surface area contributed by atoms with Crippen molar-refractivity contribution >= 4 is 27.8 Å². The van der Waals surface area contributed by atoms with Crippen molar-refractivity contribution in [3.8, 4) is 17.0 Å². The Morgan fingerprint density at radius 3 is 2.48 bits per heavy atom. The van der Waals surface area contributed by atoms with Gasteiger partial charge in [-0.05, 0) is 87.2 Å². The maximum absolute atomic E-state index is 12.6. The van der Waals surface area contributed by atoms with Gasteiger partial charge in [0.05, 0.1) is 30.0 Å². The van der Waals surface area contributed by atoms with E-state index < -0.39 is 5.97 Å². The van der Waals surface area contributed by atoms with E-state index in [1.54, 1.807) is 7.11 Å². The number of rotatable bonds is 12. The van der Waals surface area contributed by atoms with Crippen LogP contribution < -0.4 is 15.6 Å². The molecule has 9 nitrogen and oxygen atoms in total. The summed E-state index contributed by atoms with van der Waals surface area (Å²) in [5.74, 6) is 0.742. The molecule has 5 rings (SSSR count). The third-order valence-corrected chi connectivity index (χ3v) is 7.60. The van der Waals surface area contributed by atoms with E-state index in [-0.39, 0.29) is 11.5 Å². The van der Waals surface area contributed by atoms with E-state index in [0.29, 0.717) is 25.0 Å².